The fourth-order valence-corrected chi connectivity index (χ4v) is 11.8. The molecule has 0 spiro atoms. The Balaban J connectivity index is 0.833. The molecule has 0 atom stereocenters. The minimum atomic E-state index is 0.897. The Bertz CT molecular complexity index is 4880. The van der Waals surface area contributed by atoms with Crippen LogP contribution in [0.4, 0.5) is 0 Å². The van der Waals surface area contributed by atoms with E-state index >= 15 is 0 Å². The van der Waals surface area contributed by atoms with Gasteiger partial charge in [-0.25, -0.2) is 0 Å². The van der Waals surface area contributed by atoms with Crippen molar-refractivity contribution in [1.29, 1.82) is 0 Å². The van der Waals surface area contributed by atoms with Crippen molar-refractivity contribution < 1.29 is 8.83 Å². The van der Waals surface area contributed by atoms with Crippen molar-refractivity contribution >= 4 is 109 Å². The number of aromatic nitrogens is 3. The first-order chi connectivity index (χ1) is 35.2. The van der Waals surface area contributed by atoms with Gasteiger partial charge in [0.05, 0.1) is 33.1 Å². The lowest BCUT2D eigenvalue weighted by atomic mass is 9.99. The fourth-order valence-electron chi connectivity index (χ4n) is 11.8. The van der Waals surface area contributed by atoms with Gasteiger partial charge in [-0.05, 0) is 138 Å². The molecule has 11 aromatic carbocycles. The zero-order valence-corrected chi connectivity index (χ0v) is 38.2. The molecule has 330 valence electrons. The van der Waals surface area contributed by atoms with Gasteiger partial charge in [0.25, 0.3) is 0 Å². The summed E-state index contributed by atoms with van der Waals surface area (Å²) >= 11 is 0. The molecule has 16 aromatic rings. The zero-order chi connectivity index (χ0) is 46.3. The SMILES string of the molecule is c1ccc(-n2c3ccc(-c4ccc5c(c4)c4ccccc4n5-c4ccc5oc6ccccc6c5c4)cc3c3ccc(-c4ccc5c(c4)c4ccccc4n5-c4ccc5oc6ccccc6c5c4)cc32)cc1. The van der Waals surface area contributed by atoms with Gasteiger partial charge in [0, 0.05) is 70.9 Å². The van der Waals surface area contributed by atoms with Crippen LogP contribution in [0.1, 0.15) is 0 Å². The van der Waals surface area contributed by atoms with Crippen molar-refractivity contribution in [3.63, 3.8) is 0 Å². The van der Waals surface area contributed by atoms with Gasteiger partial charge in [-0.3, -0.25) is 0 Å². The molecule has 0 aliphatic carbocycles. The molecule has 0 aliphatic heterocycles. The maximum atomic E-state index is 6.22. The highest BCUT2D eigenvalue weighted by Gasteiger charge is 2.20. The second-order valence-corrected chi connectivity index (χ2v) is 18.9. The Kier molecular flexibility index (Phi) is 7.82. The summed E-state index contributed by atoms with van der Waals surface area (Å²) in [5.74, 6) is 0. The largest absolute Gasteiger partial charge is 0.456 e. The van der Waals surface area contributed by atoms with Crippen LogP contribution in [0.25, 0.3) is 149 Å². The Morgan fingerprint density at radius 1 is 0.197 bits per heavy atom. The van der Waals surface area contributed by atoms with E-state index in [1.165, 1.54) is 87.7 Å². The zero-order valence-electron chi connectivity index (χ0n) is 38.2. The van der Waals surface area contributed by atoms with E-state index in [-0.39, 0.29) is 0 Å². The Morgan fingerprint density at radius 3 is 1.07 bits per heavy atom. The number of furan rings is 2. The standard InChI is InChI=1S/C66H39N3O2/c1-2-12-44(13-3-1)67-59-29-23-41(40-24-30-60-52(34-40)47-14-4-8-18-57(47)68(60)45-26-32-65-55(38-45)50-16-6-10-20-63(50)70-65)35-54(59)49-28-22-43(37-62(49)67)42-25-31-61-53(36-42)48-15-5-9-19-58(48)69(61)46-27-33-66-56(39-46)51-17-7-11-21-64(51)71-66/h1-39H. The number of para-hydroxylation sites is 5. The minimum Gasteiger partial charge on any atom is -0.456 e. The lowest BCUT2D eigenvalue weighted by Gasteiger charge is -2.10. The summed E-state index contributed by atoms with van der Waals surface area (Å²) in [7, 11) is 0. The quantitative estimate of drug-likeness (QED) is 0.173. The second-order valence-electron chi connectivity index (χ2n) is 18.9. The van der Waals surface area contributed by atoms with Crippen molar-refractivity contribution in [3.05, 3.63) is 237 Å². The van der Waals surface area contributed by atoms with Crippen LogP contribution in [-0.4, -0.2) is 13.7 Å². The molecule has 5 nitrogen and oxygen atoms in total. The van der Waals surface area contributed by atoms with Crippen molar-refractivity contribution in [2.24, 2.45) is 0 Å². The van der Waals surface area contributed by atoms with Crippen LogP contribution in [0.3, 0.4) is 0 Å². The van der Waals surface area contributed by atoms with Gasteiger partial charge in [0.1, 0.15) is 22.3 Å². The Labute approximate surface area is 405 Å². The van der Waals surface area contributed by atoms with Gasteiger partial charge in [-0.1, -0.05) is 121 Å². The van der Waals surface area contributed by atoms with Crippen LogP contribution >= 0.6 is 0 Å². The molecular formula is C66H39N3O2. The Morgan fingerprint density at radius 2 is 0.563 bits per heavy atom. The molecule has 0 saturated carbocycles. The van der Waals surface area contributed by atoms with Gasteiger partial charge >= 0.3 is 0 Å². The molecule has 5 heteroatoms. The molecule has 0 radical (unpaired) electrons. The number of fused-ring (bicyclic) bond motifs is 15. The smallest absolute Gasteiger partial charge is 0.135 e. The van der Waals surface area contributed by atoms with Crippen molar-refractivity contribution in [2.75, 3.05) is 0 Å². The summed E-state index contributed by atoms with van der Waals surface area (Å²) in [5, 5.41) is 11.8. The summed E-state index contributed by atoms with van der Waals surface area (Å²) in [5.41, 5.74) is 18.7. The molecule has 0 aliphatic rings. The predicted molar refractivity (Wildman–Crippen MR) is 295 cm³/mol. The molecular weight excluding hydrogens is 867 g/mol. The van der Waals surface area contributed by atoms with Gasteiger partial charge in [0.2, 0.25) is 0 Å². The van der Waals surface area contributed by atoms with Crippen LogP contribution < -0.4 is 0 Å². The van der Waals surface area contributed by atoms with E-state index in [2.05, 4.69) is 226 Å². The molecule has 16 rings (SSSR count). The first-order valence-corrected chi connectivity index (χ1v) is 24.2. The minimum absolute atomic E-state index is 0.897. The third-order valence-corrected chi connectivity index (χ3v) is 15.0. The van der Waals surface area contributed by atoms with Crippen LogP contribution in [0.2, 0.25) is 0 Å². The van der Waals surface area contributed by atoms with E-state index in [1.807, 2.05) is 24.3 Å². The maximum Gasteiger partial charge on any atom is 0.135 e. The third kappa shape index (κ3) is 5.57. The number of nitrogens with zero attached hydrogens (tertiary/aromatic N) is 3. The average molecular weight is 906 g/mol. The van der Waals surface area contributed by atoms with E-state index in [0.717, 1.165) is 60.9 Å². The lowest BCUT2D eigenvalue weighted by Crippen LogP contribution is -1.94. The van der Waals surface area contributed by atoms with Gasteiger partial charge in [-0.15, -0.1) is 0 Å². The predicted octanol–water partition coefficient (Wildman–Crippen LogP) is 18.1. The summed E-state index contributed by atoms with van der Waals surface area (Å²) in [6.45, 7) is 0. The highest BCUT2D eigenvalue weighted by molar-refractivity contribution is 6.15. The van der Waals surface area contributed by atoms with E-state index in [1.54, 1.807) is 0 Å². The van der Waals surface area contributed by atoms with Crippen LogP contribution in [0.5, 0.6) is 0 Å². The highest BCUT2D eigenvalue weighted by Crippen LogP contribution is 2.42. The molecule has 0 bridgehead atoms. The van der Waals surface area contributed by atoms with Crippen molar-refractivity contribution in [3.8, 4) is 39.3 Å². The maximum absolute atomic E-state index is 6.22. The van der Waals surface area contributed by atoms with Crippen LogP contribution in [0, 0.1) is 0 Å². The third-order valence-electron chi connectivity index (χ3n) is 15.0. The van der Waals surface area contributed by atoms with Crippen molar-refractivity contribution in [2.45, 2.75) is 0 Å². The first kappa shape index (κ1) is 38.4. The normalized spacial score (nSPS) is 12.2. The lowest BCUT2D eigenvalue weighted by molar-refractivity contribution is 0.668. The van der Waals surface area contributed by atoms with E-state index in [4.69, 9.17) is 8.83 Å². The molecule has 5 heterocycles. The van der Waals surface area contributed by atoms with E-state index < -0.39 is 0 Å². The van der Waals surface area contributed by atoms with Crippen LogP contribution in [0.15, 0.2) is 245 Å². The number of rotatable bonds is 5. The van der Waals surface area contributed by atoms with Gasteiger partial charge in [-0.2, -0.15) is 0 Å². The molecule has 5 aromatic heterocycles. The summed E-state index contributed by atoms with van der Waals surface area (Å²) in [6.07, 6.45) is 0. The number of hydrogen-bond donors (Lipinski definition) is 0. The molecule has 0 amide bonds. The summed E-state index contributed by atoms with van der Waals surface area (Å²) < 4.78 is 19.6. The fraction of sp³-hybridized carbons (Fsp3) is 0. The van der Waals surface area contributed by atoms with Crippen LogP contribution in [-0.2, 0) is 0 Å². The second kappa shape index (κ2) is 14.5. The topological polar surface area (TPSA) is 41.1 Å². The average Bonchev–Trinajstić information content (AvgIpc) is 4.24. The molecule has 0 unspecified atom stereocenters. The molecule has 0 fully saturated rings. The van der Waals surface area contributed by atoms with Gasteiger partial charge < -0.3 is 22.5 Å². The van der Waals surface area contributed by atoms with Crippen molar-refractivity contribution in [1.82, 2.24) is 13.7 Å². The molecule has 0 N–H and O–H groups in total. The first-order valence-electron chi connectivity index (χ1n) is 24.2. The van der Waals surface area contributed by atoms with E-state index in [9.17, 15) is 0 Å². The summed E-state index contributed by atoms with van der Waals surface area (Å²) in [6, 6.07) is 85.8. The van der Waals surface area contributed by atoms with Gasteiger partial charge in [0.15, 0.2) is 0 Å². The summed E-state index contributed by atoms with van der Waals surface area (Å²) in [4.78, 5) is 0. The van der Waals surface area contributed by atoms with E-state index in [0.29, 0.717) is 0 Å². The monoisotopic (exact) mass is 905 g/mol. The Hall–Kier alpha value is -9.58. The molecule has 71 heavy (non-hydrogen) atoms. The number of benzene rings is 11. The molecule has 0 saturated heterocycles. The highest BCUT2D eigenvalue weighted by atomic mass is 16.3. The number of hydrogen-bond acceptors (Lipinski definition) is 2.